The van der Waals surface area contributed by atoms with Gasteiger partial charge in [-0.3, -0.25) is 0 Å². The second kappa shape index (κ2) is 5.13. The molecule has 0 spiro atoms. The second-order valence-corrected chi connectivity index (χ2v) is 2.50. The minimum absolute atomic E-state index is 0.288. The van der Waals surface area contributed by atoms with Gasteiger partial charge < -0.3 is 14.3 Å². The van der Waals surface area contributed by atoms with E-state index in [0.29, 0.717) is 6.54 Å². The van der Waals surface area contributed by atoms with E-state index in [0.717, 1.165) is 17.1 Å². The van der Waals surface area contributed by atoms with Gasteiger partial charge in [-0.1, -0.05) is 13.8 Å². The average Bonchev–Trinajstić information content (AvgIpc) is 2.68. The Labute approximate surface area is 84.1 Å². The lowest BCUT2D eigenvalue weighted by molar-refractivity contribution is 0.174. The Bertz CT molecular complexity index is 342. The molecule has 2 rings (SSSR count). The monoisotopic (exact) mass is 191 g/mol. The summed E-state index contributed by atoms with van der Waals surface area (Å²) in [7, 11) is 0. The Morgan fingerprint density at radius 2 is 2.00 bits per heavy atom. The summed E-state index contributed by atoms with van der Waals surface area (Å²) < 4.78 is 10.3. The minimum Gasteiger partial charge on any atom is -0.454 e. The van der Waals surface area contributed by atoms with Gasteiger partial charge in [0.15, 0.2) is 11.5 Å². The first-order chi connectivity index (χ1) is 6.90. The van der Waals surface area contributed by atoms with Crippen LogP contribution in [-0.4, -0.2) is 6.79 Å². The molecule has 3 heteroatoms. The van der Waals surface area contributed by atoms with Crippen LogP contribution in [0.15, 0.2) is 18.2 Å². The molecule has 0 unspecified atom stereocenters. The average molecular weight is 191 g/mol. The molecule has 0 aromatic heterocycles. The van der Waals surface area contributed by atoms with Gasteiger partial charge in [-0.15, -0.1) is 0 Å². The van der Waals surface area contributed by atoms with Crippen LogP contribution in [0.3, 0.4) is 0 Å². The van der Waals surface area contributed by atoms with Crippen LogP contribution in [0.1, 0.15) is 19.4 Å². The Morgan fingerprint density at radius 3 is 2.71 bits per heavy atom. The van der Waals surface area contributed by atoms with E-state index in [1.165, 1.54) is 0 Å². The van der Waals surface area contributed by atoms with Crippen LogP contribution in [0.4, 0.5) is 0 Å². The minimum atomic E-state index is 0.288. The van der Waals surface area contributed by atoms with E-state index in [-0.39, 0.29) is 6.79 Å². The molecule has 0 fully saturated rings. The first-order valence-electron chi connectivity index (χ1n) is 4.62. The van der Waals surface area contributed by atoms with E-state index in [1.54, 1.807) is 0 Å². The normalized spacial score (nSPS) is 11.2. The van der Waals surface area contributed by atoms with Gasteiger partial charge in [0.2, 0.25) is 13.3 Å². The number of benzene rings is 1. The van der Waals surface area contributed by atoms with E-state index in [9.17, 15) is 0 Å². The molecule has 3 nitrogen and oxygen atoms in total. The first-order valence-corrected chi connectivity index (χ1v) is 4.62. The number of fused-ring (bicyclic) bond motifs is 1. The molecule has 0 saturated carbocycles. The van der Waals surface area contributed by atoms with Gasteiger partial charge in [0.1, 0.15) is 0 Å². The maximum absolute atomic E-state index is 6.69. The fraction of sp³-hybridized carbons (Fsp3) is 0.364. The molecule has 0 radical (unpaired) electrons. The Morgan fingerprint density at radius 1 is 1.29 bits per heavy atom. The lowest BCUT2D eigenvalue weighted by Gasteiger charge is -1.95. The topological polar surface area (TPSA) is 22.8 Å². The maximum Gasteiger partial charge on any atom is 0.239 e. The molecule has 0 atom stereocenters. The number of hydrogen-bond acceptors (Lipinski definition) is 2. The number of ether oxygens (including phenoxy) is 2. The summed E-state index contributed by atoms with van der Waals surface area (Å²) in [6.45, 7) is 11.4. The highest BCUT2D eigenvalue weighted by Crippen LogP contribution is 2.32. The van der Waals surface area contributed by atoms with Gasteiger partial charge in [0.25, 0.3) is 0 Å². The van der Waals surface area contributed by atoms with Gasteiger partial charge in [-0.25, -0.2) is 6.57 Å². The number of hydrogen-bond donors (Lipinski definition) is 0. The molecule has 1 aromatic carbocycles. The van der Waals surface area contributed by atoms with Gasteiger partial charge in [-0.05, 0) is 18.2 Å². The van der Waals surface area contributed by atoms with Crippen LogP contribution < -0.4 is 9.47 Å². The fourth-order valence-electron chi connectivity index (χ4n) is 1.13. The predicted molar refractivity (Wildman–Crippen MR) is 54.2 cm³/mol. The van der Waals surface area contributed by atoms with Crippen molar-refractivity contribution in [2.45, 2.75) is 20.4 Å². The third-order valence-corrected chi connectivity index (χ3v) is 1.70. The molecule has 0 N–H and O–H groups in total. The molecular formula is C11H13NO2. The van der Waals surface area contributed by atoms with E-state index >= 15 is 0 Å². The number of nitrogens with zero attached hydrogens (tertiary/aromatic N) is 1. The highest BCUT2D eigenvalue weighted by atomic mass is 16.7. The van der Waals surface area contributed by atoms with Crippen molar-refractivity contribution in [2.75, 3.05) is 6.79 Å². The summed E-state index contributed by atoms with van der Waals surface area (Å²) in [5.41, 5.74) is 0.967. The lowest BCUT2D eigenvalue weighted by Crippen LogP contribution is -1.92. The standard InChI is InChI=1S/C9H7NO2.C2H6/c1-10-5-7-2-3-8-9(4-7)12-6-11-8;1-2/h2-4H,5-6H2;1-2H3. The Hall–Kier alpha value is -1.69. The largest absolute Gasteiger partial charge is 0.454 e. The zero-order valence-electron chi connectivity index (χ0n) is 8.41. The van der Waals surface area contributed by atoms with Crippen LogP contribution >= 0.6 is 0 Å². The maximum atomic E-state index is 6.69. The lowest BCUT2D eigenvalue weighted by atomic mass is 10.2. The molecule has 1 aliphatic heterocycles. The summed E-state index contributed by atoms with van der Waals surface area (Å²) in [5.74, 6) is 1.51. The first kappa shape index (κ1) is 10.4. The summed E-state index contributed by atoms with van der Waals surface area (Å²) in [4.78, 5) is 3.29. The predicted octanol–water partition coefficient (Wildman–Crippen LogP) is 2.86. The van der Waals surface area contributed by atoms with Crippen molar-refractivity contribution >= 4 is 0 Å². The van der Waals surface area contributed by atoms with Gasteiger partial charge in [0.05, 0.1) is 0 Å². The van der Waals surface area contributed by atoms with E-state index in [4.69, 9.17) is 16.0 Å². The van der Waals surface area contributed by atoms with Gasteiger partial charge in [-0.2, -0.15) is 0 Å². The van der Waals surface area contributed by atoms with Crippen molar-refractivity contribution in [3.05, 3.63) is 35.2 Å². The van der Waals surface area contributed by atoms with Crippen LogP contribution in [0.5, 0.6) is 11.5 Å². The molecule has 0 aliphatic carbocycles. The highest BCUT2D eigenvalue weighted by Gasteiger charge is 2.13. The van der Waals surface area contributed by atoms with Crippen molar-refractivity contribution < 1.29 is 9.47 Å². The van der Waals surface area contributed by atoms with Crippen molar-refractivity contribution in [3.8, 4) is 11.5 Å². The van der Waals surface area contributed by atoms with Crippen LogP contribution in [0.2, 0.25) is 0 Å². The summed E-state index contributed by atoms with van der Waals surface area (Å²) in [5, 5.41) is 0. The molecule has 1 aliphatic rings. The molecule has 1 aromatic rings. The van der Waals surface area contributed by atoms with Gasteiger partial charge >= 0.3 is 0 Å². The molecular weight excluding hydrogens is 178 g/mol. The third kappa shape index (κ3) is 2.17. The Balaban J connectivity index is 0.000000461. The van der Waals surface area contributed by atoms with E-state index in [1.807, 2.05) is 32.0 Å². The quantitative estimate of drug-likeness (QED) is 0.637. The smallest absolute Gasteiger partial charge is 0.239 e. The molecule has 0 amide bonds. The molecule has 74 valence electrons. The zero-order chi connectivity index (χ0) is 10.4. The third-order valence-electron chi connectivity index (χ3n) is 1.70. The van der Waals surface area contributed by atoms with Crippen molar-refractivity contribution in [1.82, 2.24) is 0 Å². The van der Waals surface area contributed by atoms with Crippen LogP contribution in [0, 0.1) is 6.57 Å². The summed E-state index contributed by atoms with van der Waals surface area (Å²) >= 11 is 0. The zero-order valence-corrected chi connectivity index (χ0v) is 8.41. The van der Waals surface area contributed by atoms with Crippen molar-refractivity contribution in [3.63, 3.8) is 0 Å². The number of rotatable bonds is 1. The summed E-state index contributed by atoms with van der Waals surface area (Å²) in [6.07, 6.45) is 0. The molecule has 0 saturated heterocycles. The molecule has 14 heavy (non-hydrogen) atoms. The van der Waals surface area contributed by atoms with Crippen LogP contribution in [-0.2, 0) is 6.54 Å². The van der Waals surface area contributed by atoms with Crippen LogP contribution in [0.25, 0.3) is 4.85 Å². The van der Waals surface area contributed by atoms with Gasteiger partial charge in [0, 0.05) is 5.56 Å². The second-order valence-electron chi connectivity index (χ2n) is 2.50. The fourth-order valence-corrected chi connectivity index (χ4v) is 1.13. The van der Waals surface area contributed by atoms with E-state index < -0.39 is 0 Å². The Kier molecular flexibility index (Phi) is 3.81. The molecule has 1 heterocycles. The van der Waals surface area contributed by atoms with Crippen molar-refractivity contribution in [2.24, 2.45) is 0 Å². The highest BCUT2D eigenvalue weighted by molar-refractivity contribution is 5.44. The summed E-state index contributed by atoms with van der Waals surface area (Å²) in [6, 6.07) is 5.56. The van der Waals surface area contributed by atoms with Crippen molar-refractivity contribution in [1.29, 1.82) is 0 Å². The van der Waals surface area contributed by atoms with E-state index in [2.05, 4.69) is 4.85 Å². The molecule has 0 bridgehead atoms. The SMILES string of the molecule is CC.[C-]#[N+]Cc1ccc2c(c1)OCO2.